The van der Waals surface area contributed by atoms with Crippen LogP contribution in [0, 0.1) is 0 Å². The van der Waals surface area contributed by atoms with Crippen LogP contribution in [0.2, 0.25) is 0 Å². The summed E-state index contributed by atoms with van der Waals surface area (Å²) in [6.45, 7) is 0.176. The number of hydrogen-bond donors (Lipinski definition) is 1. The van der Waals surface area contributed by atoms with Crippen LogP contribution >= 0.6 is 0 Å². The van der Waals surface area contributed by atoms with E-state index in [9.17, 15) is 9.59 Å². The third kappa shape index (κ3) is 3.45. The van der Waals surface area contributed by atoms with Crippen LogP contribution in [0.5, 0.6) is 0 Å². The van der Waals surface area contributed by atoms with Crippen molar-refractivity contribution in [2.45, 2.75) is 6.61 Å². The highest BCUT2D eigenvalue weighted by Gasteiger charge is 2.19. The molecule has 1 aliphatic heterocycles. The van der Waals surface area contributed by atoms with E-state index in [0.717, 1.165) is 5.56 Å². The van der Waals surface area contributed by atoms with Crippen molar-refractivity contribution >= 4 is 12.1 Å². The molecule has 5 nitrogen and oxygen atoms in total. The minimum Gasteiger partial charge on any atom is -0.478 e. The maximum atomic E-state index is 11.8. The van der Waals surface area contributed by atoms with Gasteiger partial charge in [0, 0.05) is 6.20 Å². The Morgan fingerprint density at radius 2 is 2.00 bits per heavy atom. The van der Waals surface area contributed by atoms with Crippen molar-refractivity contribution in [3.8, 4) is 0 Å². The molecule has 0 atom stereocenters. The van der Waals surface area contributed by atoms with Gasteiger partial charge in [0.05, 0.1) is 12.1 Å². The first-order valence-corrected chi connectivity index (χ1v) is 5.75. The van der Waals surface area contributed by atoms with Gasteiger partial charge in [-0.2, -0.15) is 0 Å². The van der Waals surface area contributed by atoms with Gasteiger partial charge < -0.3 is 9.84 Å². The molecule has 0 aliphatic carbocycles. The molecule has 1 aromatic rings. The second-order valence-corrected chi connectivity index (χ2v) is 4.01. The van der Waals surface area contributed by atoms with Crippen LogP contribution < -0.4 is 0 Å². The van der Waals surface area contributed by atoms with Crippen molar-refractivity contribution < 1.29 is 19.4 Å². The van der Waals surface area contributed by atoms with E-state index in [2.05, 4.69) is 0 Å². The molecule has 1 amide bonds. The molecule has 0 fully saturated rings. The Hall–Kier alpha value is -2.56. The molecule has 1 N–H and O–H groups in total. The highest BCUT2D eigenvalue weighted by molar-refractivity contribution is 5.88. The number of aliphatic carboxylic acids is 1. The Morgan fingerprint density at radius 3 is 2.68 bits per heavy atom. The Labute approximate surface area is 110 Å². The number of allylic oxidation sites excluding steroid dienone is 2. The van der Waals surface area contributed by atoms with E-state index in [1.165, 1.54) is 23.3 Å². The molecule has 1 aromatic carbocycles. The normalized spacial score (nSPS) is 13.9. The van der Waals surface area contributed by atoms with Crippen LogP contribution in [0.15, 0.2) is 54.3 Å². The van der Waals surface area contributed by atoms with Crippen molar-refractivity contribution in [3.05, 3.63) is 59.8 Å². The average Bonchev–Trinajstić information content (AvgIpc) is 2.46. The van der Waals surface area contributed by atoms with Gasteiger partial charge in [-0.25, -0.2) is 9.59 Å². The van der Waals surface area contributed by atoms with E-state index >= 15 is 0 Å². The molecule has 1 heterocycles. The molecule has 0 radical (unpaired) electrons. The summed E-state index contributed by atoms with van der Waals surface area (Å²) >= 11 is 0. The van der Waals surface area contributed by atoms with E-state index in [0.29, 0.717) is 0 Å². The Balaban J connectivity index is 1.90. The number of carbonyl (C=O) groups excluding carboxylic acids is 1. The summed E-state index contributed by atoms with van der Waals surface area (Å²) in [5.74, 6) is -1.04. The van der Waals surface area contributed by atoms with E-state index in [1.807, 2.05) is 30.3 Å². The van der Waals surface area contributed by atoms with Gasteiger partial charge in [-0.1, -0.05) is 30.3 Å². The molecule has 0 unspecified atom stereocenters. The molecule has 0 bridgehead atoms. The Kier molecular flexibility index (Phi) is 3.97. The second kappa shape index (κ2) is 5.86. The van der Waals surface area contributed by atoms with Crippen LogP contribution in [0.3, 0.4) is 0 Å². The van der Waals surface area contributed by atoms with Crippen molar-refractivity contribution in [1.29, 1.82) is 0 Å². The van der Waals surface area contributed by atoms with Crippen LogP contribution in [-0.4, -0.2) is 28.6 Å². The first-order chi connectivity index (χ1) is 9.16. The van der Waals surface area contributed by atoms with Crippen molar-refractivity contribution in [2.75, 3.05) is 6.54 Å². The van der Waals surface area contributed by atoms with Gasteiger partial charge in [-0.3, -0.25) is 4.90 Å². The number of nitrogens with zero attached hydrogens (tertiary/aromatic N) is 1. The minimum atomic E-state index is -1.04. The zero-order valence-corrected chi connectivity index (χ0v) is 10.2. The maximum absolute atomic E-state index is 11.8. The molecule has 19 heavy (non-hydrogen) atoms. The second-order valence-electron chi connectivity index (χ2n) is 4.01. The lowest BCUT2D eigenvalue weighted by molar-refractivity contribution is -0.132. The highest BCUT2D eigenvalue weighted by atomic mass is 16.6. The zero-order valence-electron chi connectivity index (χ0n) is 10.2. The monoisotopic (exact) mass is 259 g/mol. The quantitative estimate of drug-likeness (QED) is 0.903. The number of amides is 1. The van der Waals surface area contributed by atoms with Crippen molar-refractivity contribution in [3.63, 3.8) is 0 Å². The third-order valence-corrected chi connectivity index (χ3v) is 2.62. The molecule has 2 rings (SSSR count). The Bertz CT molecular complexity index is 534. The number of rotatable bonds is 3. The molecular weight excluding hydrogens is 246 g/mol. The summed E-state index contributed by atoms with van der Waals surface area (Å²) in [6.07, 6.45) is 3.91. The fraction of sp³-hybridized carbons (Fsp3) is 0.143. The van der Waals surface area contributed by atoms with E-state index in [-0.39, 0.29) is 18.7 Å². The van der Waals surface area contributed by atoms with Crippen LogP contribution in [-0.2, 0) is 16.1 Å². The van der Waals surface area contributed by atoms with Gasteiger partial charge in [-0.15, -0.1) is 0 Å². The zero-order chi connectivity index (χ0) is 13.7. The molecule has 0 saturated heterocycles. The molecule has 0 aromatic heterocycles. The van der Waals surface area contributed by atoms with E-state index in [1.54, 1.807) is 0 Å². The molecule has 98 valence electrons. The van der Waals surface area contributed by atoms with Crippen LogP contribution in [0.4, 0.5) is 4.79 Å². The van der Waals surface area contributed by atoms with Crippen molar-refractivity contribution in [1.82, 2.24) is 4.90 Å². The summed E-state index contributed by atoms with van der Waals surface area (Å²) in [5.41, 5.74) is 1.03. The average molecular weight is 259 g/mol. The largest absolute Gasteiger partial charge is 0.478 e. The van der Waals surface area contributed by atoms with Gasteiger partial charge in [0.1, 0.15) is 6.61 Å². The van der Waals surface area contributed by atoms with Crippen LogP contribution in [0.25, 0.3) is 0 Å². The minimum absolute atomic E-state index is 0.0133. The topological polar surface area (TPSA) is 66.8 Å². The van der Waals surface area contributed by atoms with Gasteiger partial charge in [0.15, 0.2) is 0 Å². The predicted octanol–water partition coefficient (Wildman–Crippen LogP) is 2.16. The summed E-state index contributed by atoms with van der Waals surface area (Å²) < 4.78 is 5.11. The number of benzene rings is 1. The summed E-state index contributed by atoms with van der Waals surface area (Å²) in [4.78, 5) is 23.8. The van der Waals surface area contributed by atoms with Gasteiger partial charge in [0.25, 0.3) is 0 Å². The van der Waals surface area contributed by atoms with Crippen molar-refractivity contribution in [2.24, 2.45) is 0 Å². The fourth-order valence-corrected chi connectivity index (χ4v) is 1.62. The summed E-state index contributed by atoms with van der Waals surface area (Å²) in [6, 6.07) is 9.29. The lowest BCUT2D eigenvalue weighted by Crippen LogP contribution is -2.31. The highest BCUT2D eigenvalue weighted by Crippen LogP contribution is 2.10. The Morgan fingerprint density at radius 1 is 1.26 bits per heavy atom. The lowest BCUT2D eigenvalue weighted by atomic mass is 10.2. The third-order valence-electron chi connectivity index (χ3n) is 2.62. The number of carbonyl (C=O) groups is 2. The first kappa shape index (κ1) is 12.9. The first-order valence-electron chi connectivity index (χ1n) is 5.75. The number of ether oxygens (including phenoxy) is 1. The van der Waals surface area contributed by atoms with Gasteiger partial charge >= 0.3 is 12.1 Å². The predicted molar refractivity (Wildman–Crippen MR) is 68.2 cm³/mol. The van der Waals surface area contributed by atoms with Crippen LogP contribution in [0.1, 0.15) is 5.56 Å². The smallest absolute Gasteiger partial charge is 0.414 e. The fourth-order valence-electron chi connectivity index (χ4n) is 1.62. The van der Waals surface area contributed by atoms with Gasteiger partial charge in [0.2, 0.25) is 0 Å². The summed E-state index contributed by atoms with van der Waals surface area (Å²) in [5, 5.41) is 8.86. The lowest BCUT2D eigenvalue weighted by Gasteiger charge is -2.20. The number of hydrogen-bond acceptors (Lipinski definition) is 3. The SMILES string of the molecule is O=C(O)C1=CC=CN(C(=O)OCc2ccccc2)C1. The molecule has 0 spiro atoms. The molecule has 5 heteroatoms. The molecular formula is C14H13NO4. The number of carboxylic acid groups (broad SMARTS) is 1. The molecule has 1 aliphatic rings. The van der Waals surface area contributed by atoms with E-state index < -0.39 is 12.1 Å². The van der Waals surface area contributed by atoms with E-state index in [4.69, 9.17) is 9.84 Å². The molecule has 0 saturated carbocycles. The number of carboxylic acids is 1. The summed E-state index contributed by atoms with van der Waals surface area (Å²) in [7, 11) is 0. The maximum Gasteiger partial charge on any atom is 0.414 e. The van der Waals surface area contributed by atoms with Gasteiger partial charge in [-0.05, 0) is 17.7 Å². The standard InChI is InChI=1S/C14H13NO4/c16-13(17)12-7-4-8-15(9-12)14(18)19-10-11-5-2-1-3-6-11/h1-8H,9-10H2,(H,16,17).